The van der Waals surface area contributed by atoms with E-state index in [4.69, 9.17) is 20.2 Å². The predicted molar refractivity (Wildman–Crippen MR) is 154 cm³/mol. The number of aryl methyl sites for hydroxylation is 1. The van der Waals surface area contributed by atoms with E-state index in [1.165, 1.54) is 25.4 Å². The van der Waals surface area contributed by atoms with Crippen LogP contribution in [0.3, 0.4) is 0 Å². The second-order valence-electron chi connectivity index (χ2n) is 11.2. The maximum atomic E-state index is 15.7. The van der Waals surface area contributed by atoms with Crippen molar-refractivity contribution in [1.29, 1.82) is 0 Å². The fraction of sp³-hybridized carbons (Fsp3) is 0.367. The Morgan fingerprint density at radius 2 is 2.02 bits per heavy atom. The molecule has 4 aromatic rings. The zero-order valence-corrected chi connectivity index (χ0v) is 23.7. The molecular formula is C30H32FN7O4. The highest BCUT2D eigenvalue weighted by Crippen LogP contribution is 2.37. The number of nitrogens with two attached hydrogens (primary N) is 1. The molecule has 1 atom stereocenters. The van der Waals surface area contributed by atoms with Crippen molar-refractivity contribution in [3.8, 4) is 17.0 Å². The van der Waals surface area contributed by atoms with Gasteiger partial charge in [-0.15, -0.1) is 0 Å². The molecule has 42 heavy (non-hydrogen) atoms. The number of amides is 2. The first-order valence-electron chi connectivity index (χ1n) is 13.8. The minimum atomic E-state index is -0.632. The number of rotatable bonds is 6. The minimum absolute atomic E-state index is 0.0847. The number of likely N-dealkylation sites (tertiary alicyclic amines) is 1. The van der Waals surface area contributed by atoms with Crippen LogP contribution in [-0.4, -0.2) is 69.5 Å². The van der Waals surface area contributed by atoms with Gasteiger partial charge in [0.15, 0.2) is 0 Å². The summed E-state index contributed by atoms with van der Waals surface area (Å²) in [6.07, 6.45) is 4.80. The van der Waals surface area contributed by atoms with Gasteiger partial charge >= 0.3 is 0 Å². The highest BCUT2D eigenvalue weighted by molar-refractivity contribution is 6.04. The van der Waals surface area contributed by atoms with Gasteiger partial charge in [-0.05, 0) is 51.0 Å². The van der Waals surface area contributed by atoms with Crippen LogP contribution in [0.25, 0.3) is 16.8 Å². The van der Waals surface area contributed by atoms with Gasteiger partial charge in [-0.1, -0.05) is 0 Å². The summed E-state index contributed by atoms with van der Waals surface area (Å²) in [6, 6.07) is 7.44. The van der Waals surface area contributed by atoms with E-state index in [2.05, 4.69) is 15.3 Å². The number of hydrogen-bond donors (Lipinski definition) is 2. The quantitative estimate of drug-likeness (QED) is 0.355. The molecular weight excluding hydrogens is 541 g/mol. The van der Waals surface area contributed by atoms with E-state index in [9.17, 15) is 9.59 Å². The molecule has 2 aliphatic rings. The summed E-state index contributed by atoms with van der Waals surface area (Å²) in [5.41, 5.74) is 7.77. The SMILES string of the molecule is COc1ccnc(NC(=O)c2ccc(-c3nc([C@@H]4CCCN(C(=O)C5(C)COC5)C4)n4c(C)cnc(N)c34)c(F)c2)c1. The number of benzene rings is 1. The summed E-state index contributed by atoms with van der Waals surface area (Å²) in [6.45, 7) is 5.84. The van der Waals surface area contributed by atoms with E-state index in [1.54, 1.807) is 18.3 Å². The normalized spacial score (nSPS) is 18.0. The van der Waals surface area contributed by atoms with Crippen molar-refractivity contribution in [2.75, 3.05) is 44.5 Å². The number of carbonyl (C=O) groups is 2. The molecule has 6 rings (SSSR count). The van der Waals surface area contributed by atoms with Gasteiger partial charge in [0, 0.05) is 54.3 Å². The monoisotopic (exact) mass is 573 g/mol. The largest absolute Gasteiger partial charge is 0.497 e. The van der Waals surface area contributed by atoms with Gasteiger partial charge in [0.25, 0.3) is 5.91 Å². The Balaban J connectivity index is 1.34. The highest BCUT2D eigenvalue weighted by atomic mass is 19.1. The number of aromatic nitrogens is 4. The molecule has 0 radical (unpaired) electrons. The number of nitrogen functional groups attached to an aromatic ring is 1. The Morgan fingerprint density at radius 1 is 1.21 bits per heavy atom. The lowest BCUT2D eigenvalue weighted by atomic mass is 9.85. The first kappa shape index (κ1) is 27.6. The zero-order chi connectivity index (χ0) is 29.6. The Hall–Kier alpha value is -4.58. The zero-order valence-electron chi connectivity index (χ0n) is 23.7. The summed E-state index contributed by atoms with van der Waals surface area (Å²) >= 11 is 0. The van der Waals surface area contributed by atoms with Crippen molar-refractivity contribution >= 4 is 29.0 Å². The minimum Gasteiger partial charge on any atom is -0.497 e. The lowest BCUT2D eigenvalue weighted by molar-refractivity contribution is -0.169. The number of imidazole rings is 1. The fourth-order valence-corrected chi connectivity index (χ4v) is 5.70. The van der Waals surface area contributed by atoms with Crippen LogP contribution in [0.2, 0.25) is 0 Å². The third-order valence-corrected chi connectivity index (χ3v) is 8.02. The molecule has 5 heterocycles. The summed E-state index contributed by atoms with van der Waals surface area (Å²) in [5.74, 6) is 0.563. The van der Waals surface area contributed by atoms with Gasteiger partial charge in [0.2, 0.25) is 5.91 Å². The molecule has 1 aromatic carbocycles. The third-order valence-electron chi connectivity index (χ3n) is 8.02. The summed E-state index contributed by atoms with van der Waals surface area (Å²) < 4.78 is 28.1. The van der Waals surface area contributed by atoms with Crippen molar-refractivity contribution < 1.29 is 23.5 Å². The van der Waals surface area contributed by atoms with Gasteiger partial charge in [0.05, 0.1) is 25.7 Å². The fourth-order valence-electron chi connectivity index (χ4n) is 5.70. The highest BCUT2D eigenvalue weighted by Gasteiger charge is 2.45. The second-order valence-corrected chi connectivity index (χ2v) is 11.2. The number of ether oxygens (including phenoxy) is 2. The predicted octanol–water partition coefficient (Wildman–Crippen LogP) is 3.82. The number of nitrogens with one attached hydrogen (secondary N) is 1. The molecule has 2 fully saturated rings. The number of pyridine rings is 1. The molecule has 218 valence electrons. The average molecular weight is 574 g/mol. The molecule has 0 unspecified atom stereocenters. The molecule has 12 heteroatoms. The van der Waals surface area contributed by atoms with Crippen LogP contribution in [0.15, 0.2) is 42.7 Å². The van der Waals surface area contributed by atoms with E-state index in [0.717, 1.165) is 24.6 Å². The number of nitrogens with zero attached hydrogens (tertiary/aromatic N) is 5. The second kappa shape index (κ2) is 10.7. The molecule has 3 aromatic heterocycles. The van der Waals surface area contributed by atoms with Crippen LogP contribution in [-0.2, 0) is 9.53 Å². The number of hydrogen-bond acceptors (Lipinski definition) is 8. The van der Waals surface area contributed by atoms with E-state index < -0.39 is 17.1 Å². The van der Waals surface area contributed by atoms with Crippen LogP contribution >= 0.6 is 0 Å². The molecule has 11 nitrogen and oxygen atoms in total. The maximum absolute atomic E-state index is 15.7. The Morgan fingerprint density at radius 3 is 2.74 bits per heavy atom. The van der Waals surface area contributed by atoms with E-state index >= 15 is 4.39 Å². The van der Waals surface area contributed by atoms with Crippen molar-refractivity contribution in [3.05, 3.63) is 65.6 Å². The van der Waals surface area contributed by atoms with Gasteiger partial charge in [0.1, 0.15) is 40.2 Å². The summed E-state index contributed by atoms with van der Waals surface area (Å²) in [7, 11) is 1.51. The summed E-state index contributed by atoms with van der Waals surface area (Å²) in [4.78, 5) is 41.4. The number of fused-ring (bicyclic) bond motifs is 1. The van der Waals surface area contributed by atoms with Crippen molar-refractivity contribution in [1.82, 2.24) is 24.3 Å². The molecule has 0 bridgehead atoms. The Kier molecular flexibility index (Phi) is 7.01. The molecule has 2 amide bonds. The van der Waals surface area contributed by atoms with E-state index in [0.29, 0.717) is 49.1 Å². The van der Waals surface area contributed by atoms with E-state index in [1.807, 2.05) is 23.1 Å². The standard InChI is InChI=1S/C30H32FN7O4/c1-17-13-34-26(32)25-24(21-7-6-18(11-22(21)31)28(39)35-23-12-20(41-3)8-9-33-23)36-27(38(17)25)19-5-4-10-37(14-19)29(40)30(2)15-42-16-30/h6-9,11-13,19H,4-5,10,14-16H2,1-3H3,(H2,32,34)(H,33,35,39)/t19-/m1/s1. The first-order valence-corrected chi connectivity index (χ1v) is 13.8. The third kappa shape index (κ3) is 4.81. The molecule has 0 saturated carbocycles. The lowest BCUT2D eigenvalue weighted by Gasteiger charge is -2.42. The Labute approximate surface area is 241 Å². The average Bonchev–Trinajstić information content (AvgIpc) is 3.39. The van der Waals surface area contributed by atoms with Crippen LogP contribution < -0.4 is 15.8 Å². The summed E-state index contributed by atoms with van der Waals surface area (Å²) in [5, 5.41) is 2.66. The first-order chi connectivity index (χ1) is 20.2. The maximum Gasteiger partial charge on any atom is 0.256 e. The Bertz CT molecular complexity index is 1700. The van der Waals surface area contributed by atoms with Gasteiger partial charge < -0.3 is 25.4 Å². The number of halogens is 1. The van der Waals surface area contributed by atoms with Crippen LogP contribution in [0, 0.1) is 18.2 Å². The van der Waals surface area contributed by atoms with Crippen molar-refractivity contribution in [2.45, 2.75) is 32.6 Å². The smallest absolute Gasteiger partial charge is 0.256 e. The van der Waals surface area contributed by atoms with E-state index in [-0.39, 0.29) is 34.6 Å². The van der Waals surface area contributed by atoms with Gasteiger partial charge in [-0.25, -0.2) is 19.3 Å². The molecule has 3 N–H and O–H groups in total. The molecule has 0 spiro atoms. The molecule has 2 saturated heterocycles. The molecule has 0 aliphatic carbocycles. The molecule has 2 aliphatic heterocycles. The number of piperidine rings is 1. The van der Waals surface area contributed by atoms with Gasteiger partial charge in [-0.3, -0.25) is 14.0 Å². The number of anilines is 2. The van der Waals surface area contributed by atoms with Crippen LogP contribution in [0.5, 0.6) is 5.75 Å². The lowest BCUT2D eigenvalue weighted by Crippen LogP contribution is -2.55. The van der Waals surface area contributed by atoms with Gasteiger partial charge in [-0.2, -0.15) is 0 Å². The number of carbonyl (C=O) groups excluding carboxylic acids is 2. The van der Waals surface area contributed by atoms with Crippen LogP contribution in [0.4, 0.5) is 16.0 Å². The number of methoxy groups -OCH3 is 1. The van der Waals surface area contributed by atoms with Crippen LogP contribution in [0.1, 0.15) is 47.6 Å². The van der Waals surface area contributed by atoms with Crippen molar-refractivity contribution in [3.63, 3.8) is 0 Å². The van der Waals surface area contributed by atoms with Crippen molar-refractivity contribution in [2.24, 2.45) is 5.41 Å². The topological polar surface area (TPSA) is 137 Å².